The second-order valence-electron chi connectivity index (χ2n) is 5.41. The van der Waals surface area contributed by atoms with E-state index in [-0.39, 0.29) is 17.9 Å². The van der Waals surface area contributed by atoms with Gasteiger partial charge in [-0.05, 0) is 36.5 Å². The van der Waals surface area contributed by atoms with Gasteiger partial charge in [0.25, 0.3) is 0 Å². The predicted octanol–water partition coefficient (Wildman–Crippen LogP) is 1.52. The summed E-state index contributed by atoms with van der Waals surface area (Å²) >= 11 is 0. The molecule has 3 atom stereocenters. The second-order valence-corrected chi connectivity index (χ2v) is 5.41. The fourth-order valence-electron chi connectivity index (χ4n) is 3.00. The molecule has 0 radical (unpaired) electrons. The third kappa shape index (κ3) is 2.13. The molecule has 0 aliphatic heterocycles. The minimum Gasteiger partial charge on any atom is -0.496 e. The summed E-state index contributed by atoms with van der Waals surface area (Å²) in [6.07, 6.45) is 2.17. The van der Waals surface area contributed by atoms with Gasteiger partial charge in [-0.1, -0.05) is 12.1 Å². The average molecular weight is 275 g/mol. The van der Waals surface area contributed by atoms with Crippen LogP contribution in [0.15, 0.2) is 18.2 Å². The molecule has 3 unspecified atom stereocenters. The molecule has 1 aromatic rings. The molecule has 2 N–H and O–H groups in total. The lowest BCUT2D eigenvalue weighted by Gasteiger charge is -2.14. The largest absolute Gasteiger partial charge is 0.496 e. The predicted molar refractivity (Wildman–Crippen MR) is 71.4 cm³/mol. The number of hydrogen-bond acceptors (Lipinski definition) is 3. The molecule has 2 aliphatic carbocycles. The fraction of sp³-hybridized carbons (Fsp3) is 0.467. The molecule has 1 saturated carbocycles. The van der Waals surface area contributed by atoms with E-state index in [2.05, 4.69) is 5.32 Å². The third-order valence-electron chi connectivity index (χ3n) is 4.21. The lowest BCUT2D eigenvalue weighted by molar-refractivity contribution is -0.140. The minimum absolute atomic E-state index is 0.0253. The highest BCUT2D eigenvalue weighted by atomic mass is 16.5. The van der Waals surface area contributed by atoms with Crippen LogP contribution in [0, 0.1) is 11.8 Å². The Bertz CT molecular complexity index is 569. The van der Waals surface area contributed by atoms with Gasteiger partial charge in [0, 0.05) is 0 Å². The van der Waals surface area contributed by atoms with Crippen molar-refractivity contribution >= 4 is 11.9 Å². The van der Waals surface area contributed by atoms with Crippen molar-refractivity contribution in [1.82, 2.24) is 5.32 Å². The zero-order chi connectivity index (χ0) is 14.3. The van der Waals surface area contributed by atoms with E-state index in [4.69, 9.17) is 9.84 Å². The van der Waals surface area contributed by atoms with E-state index in [9.17, 15) is 9.59 Å². The van der Waals surface area contributed by atoms with Crippen molar-refractivity contribution in [1.29, 1.82) is 0 Å². The number of aliphatic carboxylic acids is 1. The van der Waals surface area contributed by atoms with Crippen molar-refractivity contribution < 1.29 is 19.4 Å². The molecule has 0 heterocycles. The lowest BCUT2D eigenvalue weighted by Crippen LogP contribution is -2.29. The zero-order valence-corrected chi connectivity index (χ0v) is 11.3. The first-order valence-electron chi connectivity index (χ1n) is 6.80. The number of nitrogens with one attached hydrogen (secondary N) is 1. The van der Waals surface area contributed by atoms with Crippen LogP contribution in [0.1, 0.15) is 30.0 Å². The Balaban J connectivity index is 1.70. The van der Waals surface area contributed by atoms with E-state index in [1.807, 2.05) is 18.2 Å². The first-order chi connectivity index (χ1) is 9.61. The van der Waals surface area contributed by atoms with Gasteiger partial charge < -0.3 is 15.2 Å². The van der Waals surface area contributed by atoms with Crippen LogP contribution < -0.4 is 10.1 Å². The first kappa shape index (κ1) is 13.0. The number of carboxylic acid groups (broad SMARTS) is 1. The number of carboxylic acids is 1. The van der Waals surface area contributed by atoms with Gasteiger partial charge in [-0.15, -0.1) is 0 Å². The number of rotatable bonds is 4. The normalized spacial score (nSPS) is 26.8. The molecule has 0 saturated heterocycles. The summed E-state index contributed by atoms with van der Waals surface area (Å²) in [6.45, 7) is 0. The number of fused-ring (bicyclic) bond motifs is 1. The smallest absolute Gasteiger partial charge is 0.307 e. The number of amides is 1. The average Bonchev–Trinajstić information content (AvgIpc) is 3.15. The maximum absolute atomic E-state index is 12.0. The Morgan fingerprint density at radius 1 is 1.35 bits per heavy atom. The van der Waals surface area contributed by atoms with Gasteiger partial charge in [0.05, 0.1) is 25.0 Å². The monoisotopic (exact) mass is 275 g/mol. The van der Waals surface area contributed by atoms with E-state index < -0.39 is 11.9 Å². The molecule has 0 aromatic heterocycles. The minimum atomic E-state index is -0.876. The summed E-state index contributed by atoms with van der Waals surface area (Å²) in [5.74, 6) is -1.02. The van der Waals surface area contributed by atoms with Crippen LogP contribution in [0.5, 0.6) is 5.75 Å². The Morgan fingerprint density at radius 3 is 2.80 bits per heavy atom. The van der Waals surface area contributed by atoms with Crippen molar-refractivity contribution in [3.8, 4) is 5.75 Å². The van der Waals surface area contributed by atoms with E-state index in [1.54, 1.807) is 7.11 Å². The molecular weight excluding hydrogens is 258 g/mol. The molecule has 1 amide bonds. The number of methoxy groups -OCH3 is 1. The van der Waals surface area contributed by atoms with E-state index in [1.165, 1.54) is 0 Å². The van der Waals surface area contributed by atoms with Crippen LogP contribution >= 0.6 is 0 Å². The Labute approximate surface area is 116 Å². The topological polar surface area (TPSA) is 75.6 Å². The number of carbonyl (C=O) groups is 2. The number of ether oxygens (including phenoxy) is 1. The molecule has 20 heavy (non-hydrogen) atoms. The van der Waals surface area contributed by atoms with Gasteiger partial charge in [-0.25, -0.2) is 0 Å². The number of hydrogen-bond donors (Lipinski definition) is 2. The molecule has 3 rings (SSSR count). The van der Waals surface area contributed by atoms with Gasteiger partial charge >= 0.3 is 5.97 Å². The van der Waals surface area contributed by atoms with Crippen LogP contribution in [0.25, 0.3) is 0 Å². The number of carbonyl (C=O) groups excluding carboxylic acids is 1. The van der Waals surface area contributed by atoms with Crippen molar-refractivity contribution in [2.45, 2.75) is 25.3 Å². The summed E-state index contributed by atoms with van der Waals surface area (Å²) in [5.41, 5.74) is 2.23. The summed E-state index contributed by atoms with van der Waals surface area (Å²) in [5, 5.41) is 11.8. The SMILES string of the molecule is COc1cccc2c1CCC2NC(=O)C1CC1C(=O)O. The Kier molecular flexibility index (Phi) is 3.12. The molecule has 106 valence electrons. The van der Waals surface area contributed by atoms with Crippen molar-refractivity contribution in [2.75, 3.05) is 7.11 Å². The van der Waals surface area contributed by atoms with Gasteiger partial charge in [0.2, 0.25) is 5.91 Å². The van der Waals surface area contributed by atoms with Crippen molar-refractivity contribution in [3.63, 3.8) is 0 Å². The molecule has 1 aromatic carbocycles. The van der Waals surface area contributed by atoms with Gasteiger partial charge in [-0.3, -0.25) is 9.59 Å². The highest BCUT2D eigenvalue weighted by molar-refractivity contribution is 5.89. The lowest BCUT2D eigenvalue weighted by atomic mass is 10.1. The van der Waals surface area contributed by atoms with E-state index >= 15 is 0 Å². The quantitative estimate of drug-likeness (QED) is 0.873. The van der Waals surface area contributed by atoms with Crippen LogP contribution in [0.2, 0.25) is 0 Å². The Hall–Kier alpha value is -2.04. The molecule has 0 spiro atoms. The second kappa shape index (κ2) is 4.81. The standard InChI is InChI=1S/C15H17NO4/c1-20-13-4-2-3-8-9(13)5-6-12(8)16-14(17)10-7-11(10)15(18)19/h2-4,10-12H,5-7H2,1H3,(H,16,17)(H,18,19). The number of benzene rings is 1. The van der Waals surface area contributed by atoms with Gasteiger partial charge in [0.15, 0.2) is 0 Å². The van der Waals surface area contributed by atoms with Crippen LogP contribution in [-0.2, 0) is 16.0 Å². The van der Waals surface area contributed by atoms with Crippen molar-refractivity contribution in [2.24, 2.45) is 11.8 Å². The van der Waals surface area contributed by atoms with Crippen LogP contribution in [-0.4, -0.2) is 24.1 Å². The third-order valence-corrected chi connectivity index (χ3v) is 4.21. The zero-order valence-electron chi connectivity index (χ0n) is 11.3. The highest BCUT2D eigenvalue weighted by Gasteiger charge is 2.48. The molecular formula is C15H17NO4. The highest BCUT2D eigenvalue weighted by Crippen LogP contribution is 2.41. The maximum atomic E-state index is 12.0. The summed E-state index contributed by atoms with van der Waals surface area (Å²) < 4.78 is 5.33. The maximum Gasteiger partial charge on any atom is 0.307 e. The summed E-state index contributed by atoms with van der Waals surface area (Å²) in [4.78, 5) is 22.8. The molecule has 5 heteroatoms. The van der Waals surface area contributed by atoms with Crippen molar-refractivity contribution in [3.05, 3.63) is 29.3 Å². The Morgan fingerprint density at radius 2 is 2.15 bits per heavy atom. The summed E-state index contributed by atoms with van der Waals surface area (Å²) in [7, 11) is 1.64. The van der Waals surface area contributed by atoms with Crippen LogP contribution in [0.4, 0.5) is 0 Å². The molecule has 5 nitrogen and oxygen atoms in total. The summed E-state index contributed by atoms with van der Waals surface area (Å²) in [6, 6.07) is 5.81. The molecule has 0 bridgehead atoms. The molecule has 2 aliphatic rings. The van der Waals surface area contributed by atoms with E-state index in [0.29, 0.717) is 6.42 Å². The molecule has 1 fully saturated rings. The fourth-order valence-corrected chi connectivity index (χ4v) is 3.00. The van der Waals surface area contributed by atoms with E-state index in [0.717, 1.165) is 29.7 Å². The van der Waals surface area contributed by atoms with Crippen LogP contribution in [0.3, 0.4) is 0 Å². The van der Waals surface area contributed by atoms with Gasteiger partial charge in [-0.2, -0.15) is 0 Å². The first-order valence-corrected chi connectivity index (χ1v) is 6.80. The van der Waals surface area contributed by atoms with Gasteiger partial charge in [0.1, 0.15) is 5.75 Å².